The lowest BCUT2D eigenvalue weighted by Crippen LogP contribution is -2.88. The Bertz CT molecular complexity index is 1030. The highest BCUT2D eigenvalue weighted by Gasteiger charge is 2.79. The van der Waals surface area contributed by atoms with Gasteiger partial charge in [-0.2, -0.15) is 0 Å². The van der Waals surface area contributed by atoms with E-state index in [0.29, 0.717) is 18.7 Å². The molecule has 0 aromatic carbocycles. The maximum absolute atomic E-state index is 14.3. The summed E-state index contributed by atoms with van der Waals surface area (Å²) < 4.78 is 9.62. The maximum Gasteiger partial charge on any atom is 0.327 e. The quantitative estimate of drug-likeness (QED) is 0.150. The van der Waals surface area contributed by atoms with Crippen molar-refractivity contribution in [3.05, 3.63) is 0 Å². The predicted molar refractivity (Wildman–Crippen MR) is 155 cm³/mol. The van der Waals surface area contributed by atoms with E-state index in [4.69, 9.17) is 9.47 Å². The SMILES string of the molecule is COC(=O)CCN(C)C1C(C)(C(=O)N(C=O)CCCCC(C)C)C2N(CCC(=O)OC)C(=O)N(CC(C)C)C(=O)C12C. The molecule has 12 nitrogen and oxygen atoms in total. The Balaban J connectivity index is 2.62. The lowest BCUT2D eigenvalue weighted by molar-refractivity contribution is -0.222. The lowest BCUT2D eigenvalue weighted by atomic mass is 9.43. The second-order valence-electron chi connectivity index (χ2n) is 12.8. The predicted octanol–water partition coefficient (Wildman–Crippen LogP) is 2.54. The summed E-state index contributed by atoms with van der Waals surface area (Å²) >= 11 is 0. The summed E-state index contributed by atoms with van der Waals surface area (Å²) in [6.45, 7) is 11.9. The van der Waals surface area contributed by atoms with Crippen LogP contribution in [0.3, 0.4) is 0 Å². The Hall–Kier alpha value is -3.02. The van der Waals surface area contributed by atoms with Crippen LogP contribution in [0.5, 0.6) is 0 Å². The lowest BCUT2D eigenvalue weighted by Gasteiger charge is -2.71. The van der Waals surface area contributed by atoms with Crippen LogP contribution in [-0.2, 0) is 33.4 Å². The average molecular weight is 595 g/mol. The Morgan fingerprint density at radius 3 is 2.07 bits per heavy atom. The number of hydrogen-bond acceptors (Lipinski definition) is 9. The standard InChI is InChI=1S/C30H50N4O8/c1-20(2)12-10-11-15-32(19-35)26(38)29(5)24(31(7)16-13-22(36)41-8)30(6)25(29)33(17-14-23(37)42-9)28(40)34(27(30)39)18-21(3)4/h19-21,24-25H,10-18H2,1-9H3. The molecule has 238 valence electrons. The topological polar surface area (TPSA) is 134 Å². The van der Waals surface area contributed by atoms with E-state index in [1.165, 1.54) is 24.0 Å². The van der Waals surface area contributed by atoms with Crippen LogP contribution in [0, 0.1) is 22.7 Å². The summed E-state index contributed by atoms with van der Waals surface area (Å²) in [6.07, 6.45) is 2.82. The summed E-state index contributed by atoms with van der Waals surface area (Å²) in [7, 11) is 4.27. The fraction of sp³-hybridized carbons (Fsp3) is 0.800. The molecule has 12 heteroatoms. The van der Waals surface area contributed by atoms with Crippen molar-refractivity contribution in [2.45, 2.75) is 85.7 Å². The van der Waals surface area contributed by atoms with Crippen molar-refractivity contribution in [1.29, 1.82) is 0 Å². The summed E-state index contributed by atoms with van der Waals surface area (Å²) in [5.74, 6) is -1.44. The van der Waals surface area contributed by atoms with Crippen LogP contribution in [0.25, 0.3) is 0 Å². The molecule has 2 aliphatic rings. The number of methoxy groups -OCH3 is 2. The van der Waals surface area contributed by atoms with Crippen molar-refractivity contribution in [2.75, 3.05) is 47.4 Å². The number of carbonyl (C=O) groups excluding carboxylic acids is 6. The molecule has 0 aromatic rings. The fourth-order valence-electron chi connectivity index (χ4n) is 7.03. The molecule has 42 heavy (non-hydrogen) atoms. The molecular formula is C30H50N4O8. The minimum atomic E-state index is -1.40. The molecule has 1 saturated heterocycles. The van der Waals surface area contributed by atoms with Crippen molar-refractivity contribution in [2.24, 2.45) is 22.7 Å². The van der Waals surface area contributed by atoms with Gasteiger partial charge in [-0.25, -0.2) is 4.79 Å². The molecule has 0 radical (unpaired) electrons. The van der Waals surface area contributed by atoms with Gasteiger partial charge >= 0.3 is 18.0 Å². The maximum atomic E-state index is 14.3. The van der Waals surface area contributed by atoms with Crippen LogP contribution in [0.4, 0.5) is 4.79 Å². The van der Waals surface area contributed by atoms with E-state index in [-0.39, 0.29) is 44.9 Å². The van der Waals surface area contributed by atoms with Gasteiger partial charge in [0.05, 0.1) is 43.9 Å². The van der Waals surface area contributed by atoms with Gasteiger partial charge in [0.25, 0.3) is 0 Å². The van der Waals surface area contributed by atoms with Gasteiger partial charge in [-0.05, 0) is 39.2 Å². The minimum Gasteiger partial charge on any atom is -0.469 e. The van der Waals surface area contributed by atoms with Crippen LogP contribution < -0.4 is 0 Å². The van der Waals surface area contributed by atoms with E-state index in [9.17, 15) is 28.8 Å². The third-order valence-corrected chi connectivity index (χ3v) is 8.72. The molecule has 2 fully saturated rings. The molecule has 0 bridgehead atoms. The number of ether oxygens (including phenoxy) is 2. The zero-order chi connectivity index (χ0) is 32.0. The normalized spacial score (nSPS) is 25.4. The number of amides is 5. The minimum absolute atomic E-state index is 0.0238. The van der Waals surface area contributed by atoms with Gasteiger partial charge < -0.3 is 19.3 Å². The summed E-state index contributed by atoms with van der Waals surface area (Å²) in [6, 6.07) is -2.28. The Morgan fingerprint density at radius 1 is 0.952 bits per heavy atom. The molecule has 0 N–H and O–H groups in total. The van der Waals surface area contributed by atoms with Crippen LogP contribution in [0.1, 0.15) is 73.6 Å². The number of unbranched alkanes of at least 4 members (excludes halogenated alkanes) is 1. The monoisotopic (exact) mass is 594 g/mol. The van der Waals surface area contributed by atoms with Gasteiger partial charge in [-0.3, -0.25) is 33.8 Å². The van der Waals surface area contributed by atoms with Crippen molar-refractivity contribution in [3.8, 4) is 0 Å². The summed E-state index contributed by atoms with van der Waals surface area (Å²) in [4.78, 5) is 84.4. The highest BCUT2D eigenvalue weighted by Crippen LogP contribution is 2.62. The summed E-state index contributed by atoms with van der Waals surface area (Å²) in [5.41, 5.74) is -2.66. The van der Waals surface area contributed by atoms with Crippen LogP contribution >= 0.6 is 0 Å². The molecule has 5 amide bonds. The number of urea groups is 1. The van der Waals surface area contributed by atoms with Gasteiger partial charge in [-0.15, -0.1) is 0 Å². The Labute approximate surface area is 250 Å². The molecule has 0 aromatic heterocycles. The fourth-order valence-corrected chi connectivity index (χ4v) is 7.03. The number of fused-ring (bicyclic) bond motifs is 1. The molecule has 1 saturated carbocycles. The van der Waals surface area contributed by atoms with E-state index < -0.39 is 52.7 Å². The van der Waals surface area contributed by atoms with E-state index in [0.717, 1.165) is 17.7 Å². The van der Waals surface area contributed by atoms with E-state index in [2.05, 4.69) is 13.8 Å². The second kappa shape index (κ2) is 14.4. The first-order chi connectivity index (χ1) is 19.6. The largest absolute Gasteiger partial charge is 0.469 e. The van der Waals surface area contributed by atoms with Crippen molar-refractivity contribution >= 4 is 36.2 Å². The number of imide groups is 2. The van der Waals surface area contributed by atoms with E-state index in [1.54, 1.807) is 25.8 Å². The molecular weight excluding hydrogens is 544 g/mol. The molecule has 2 rings (SSSR count). The van der Waals surface area contributed by atoms with Gasteiger partial charge in [0, 0.05) is 32.2 Å². The van der Waals surface area contributed by atoms with Crippen LogP contribution in [-0.4, -0.2) is 115 Å². The van der Waals surface area contributed by atoms with Crippen molar-refractivity contribution < 1.29 is 38.2 Å². The second-order valence-corrected chi connectivity index (χ2v) is 12.8. The van der Waals surface area contributed by atoms with Gasteiger partial charge in [0.15, 0.2) is 0 Å². The Kier molecular flexibility index (Phi) is 12.1. The van der Waals surface area contributed by atoms with E-state index >= 15 is 0 Å². The van der Waals surface area contributed by atoms with Gasteiger partial charge in [0.1, 0.15) is 0 Å². The number of carbonyl (C=O) groups is 6. The highest BCUT2D eigenvalue weighted by molar-refractivity contribution is 6.06. The number of esters is 2. The smallest absolute Gasteiger partial charge is 0.327 e. The van der Waals surface area contributed by atoms with Gasteiger partial charge in [0.2, 0.25) is 18.2 Å². The third kappa shape index (κ3) is 6.79. The first-order valence-corrected chi connectivity index (χ1v) is 14.8. The van der Waals surface area contributed by atoms with Crippen LogP contribution in [0.2, 0.25) is 0 Å². The van der Waals surface area contributed by atoms with Crippen LogP contribution in [0.15, 0.2) is 0 Å². The molecule has 0 spiro atoms. The molecule has 1 heterocycles. The van der Waals surface area contributed by atoms with Crippen molar-refractivity contribution in [3.63, 3.8) is 0 Å². The van der Waals surface area contributed by atoms with E-state index in [1.807, 2.05) is 13.8 Å². The zero-order valence-electron chi connectivity index (χ0n) is 26.8. The number of rotatable bonds is 16. The molecule has 1 aliphatic heterocycles. The summed E-state index contributed by atoms with van der Waals surface area (Å²) in [5, 5.41) is 0. The zero-order valence-corrected chi connectivity index (χ0v) is 26.8. The number of nitrogens with zero attached hydrogens (tertiary/aromatic N) is 4. The third-order valence-electron chi connectivity index (χ3n) is 8.72. The van der Waals surface area contributed by atoms with Crippen molar-refractivity contribution in [1.82, 2.24) is 19.6 Å². The molecule has 4 atom stereocenters. The van der Waals surface area contributed by atoms with Gasteiger partial charge in [-0.1, -0.05) is 40.5 Å². The molecule has 1 aliphatic carbocycles. The first kappa shape index (κ1) is 35.2. The number of hydrogen-bond donors (Lipinski definition) is 0. The molecule has 4 unspecified atom stereocenters. The Morgan fingerprint density at radius 2 is 1.55 bits per heavy atom. The average Bonchev–Trinajstić information content (AvgIpc) is 2.94. The highest BCUT2D eigenvalue weighted by atomic mass is 16.5. The first-order valence-electron chi connectivity index (χ1n) is 14.8.